The zero-order chi connectivity index (χ0) is 6.97. The van der Waals surface area contributed by atoms with Gasteiger partial charge in [-0.3, -0.25) is 0 Å². The Morgan fingerprint density at radius 1 is 1.64 bits per heavy atom. The Labute approximate surface area is 84.7 Å². The lowest BCUT2D eigenvalue weighted by Gasteiger charge is -2.26. The van der Waals surface area contributed by atoms with Crippen LogP contribution < -0.4 is 5.32 Å². The summed E-state index contributed by atoms with van der Waals surface area (Å²) < 4.78 is 1.26. The van der Waals surface area contributed by atoms with Gasteiger partial charge in [0.15, 0.2) is 0 Å². The molecule has 0 saturated carbocycles. The van der Waals surface area contributed by atoms with Gasteiger partial charge >= 0.3 is 0 Å². The second-order valence-electron chi connectivity index (χ2n) is 2.43. The van der Waals surface area contributed by atoms with Gasteiger partial charge in [0.25, 0.3) is 0 Å². The third-order valence-electron chi connectivity index (χ3n) is 1.79. The highest BCUT2D eigenvalue weighted by molar-refractivity contribution is 9.10. The van der Waals surface area contributed by atoms with E-state index in [2.05, 4.69) is 32.7 Å². The maximum Gasteiger partial charge on any atom is 0.0438 e. The fraction of sp³-hybridized carbons (Fsp3) is 0.429. The summed E-state index contributed by atoms with van der Waals surface area (Å²) in [6, 6.07) is 2.74. The largest absolute Gasteiger partial charge is 0.309 e. The van der Waals surface area contributed by atoms with Crippen molar-refractivity contribution in [2.75, 3.05) is 6.54 Å². The molecular weight excluding hydrogens is 246 g/mol. The van der Waals surface area contributed by atoms with Crippen molar-refractivity contribution < 1.29 is 0 Å². The van der Waals surface area contributed by atoms with Crippen molar-refractivity contribution in [3.05, 3.63) is 20.8 Å². The molecule has 0 aliphatic carbocycles. The van der Waals surface area contributed by atoms with Gasteiger partial charge in [-0.25, -0.2) is 0 Å². The lowest BCUT2D eigenvalue weighted by Crippen LogP contribution is -2.34. The van der Waals surface area contributed by atoms with E-state index in [-0.39, 0.29) is 12.4 Å². The van der Waals surface area contributed by atoms with Crippen molar-refractivity contribution in [2.45, 2.75) is 12.5 Å². The first-order valence-electron chi connectivity index (χ1n) is 3.34. The Balaban J connectivity index is 0.000000605. The van der Waals surface area contributed by atoms with E-state index >= 15 is 0 Å². The van der Waals surface area contributed by atoms with E-state index in [1.165, 1.54) is 22.3 Å². The Morgan fingerprint density at radius 3 is 2.73 bits per heavy atom. The van der Waals surface area contributed by atoms with Crippen LogP contribution in [0.3, 0.4) is 0 Å². The Bertz CT molecular complexity index is 234. The fourth-order valence-corrected chi connectivity index (χ4v) is 2.83. The minimum atomic E-state index is 0. The molecule has 2 heterocycles. The normalized spacial score (nSPS) is 22.1. The molecule has 1 aromatic heterocycles. The molecule has 1 fully saturated rings. The number of thiophene rings is 1. The van der Waals surface area contributed by atoms with Gasteiger partial charge in [-0.15, -0.1) is 23.7 Å². The number of nitrogens with one attached hydrogen (secondary N) is 1. The molecule has 0 unspecified atom stereocenters. The summed E-state index contributed by atoms with van der Waals surface area (Å²) in [5.41, 5.74) is 0. The fourth-order valence-electron chi connectivity index (χ4n) is 1.07. The predicted molar refractivity (Wildman–Crippen MR) is 54.6 cm³/mol. The highest BCUT2D eigenvalue weighted by Gasteiger charge is 2.21. The van der Waals surface area contributed by atoms with Crippen LogP contribution in [0.4, 0.5) is 0 Å². The first kappa shape index (κ1) is 9.52. The molecular formula is C7H9BrClNS. The van der Waals surface area contributed by atoms with Gasteiger partial charge in [0.2, 0.25) is 0 Å². The van der Waals surface area contributed by atoms with Crippen LogP contribution in [0.2, 0.25) is 0 Å². The van der Waals surface area contributed by atoms with Crippen LogP contribution in [-0.4, -0.2) is 6.54 Å². The standard InChI is InChI=1S/C7H8BrNS.ClH/c8-5-2-4-10-7(5)6-1-3-9-6;/h2,4,6,9H,1,3H2;1H/t6-;/m1./s1. The molecule has 1 aromatic rings. The minimum absolute atomic E-state index is 0. The first-order chi connectivity index (χ1) is 4.88. The molecule has 1 saturated heterocycles. The van der Waals surface area contributed by atoms with E-state index in [0.29, 0.717) is 6.04 Å². The maximum atomic E-state index is 3.51. The summed E-state index contributed by atoms with van der Waals surface area (Å²) in [7, 11) is 0. The van der Waals surface area contributed by atoms with E-state index < -0.39 is 0 Å². The molecule has 0 spiro atoms. The van der Waals surface area contributed by atoms with Crippen molar-refractivity contribution in [3.63, 3.8) is 0 Å². The van der Waals surface area contributed by atoms with Gasteiger partial charge in [0.05, 0.1) is 0 Å². The Hall–Kier alpha value is 0.430. The quantitative estimate of drug-likeness (QED) is 0.812. The van der Waals surface area contributed by atoms with E-state index in [4.69, 9.17) is 0 Å². The van der Waals surface area contributed by atoms with Crippen molar-refractivity contribution in [2.24, 2.45) is 0 Å². The van der Waals surface area contributed by atoms with E-state index in [0.717, 1.165) is 0 Å². The summed E-state index contributed by atoms with van der Waals surface area (Å²) >= 11 is 5.34. The SMILES string of the molecule is Brc1ccsc1[C@H]1CCN1.Cl. The number of rotatable bonds is 1. The number of halogens is 2. The second-order valence-corrected chi connectivity index (χ2v) is 4.23. The second kappa shape index (κ2) is 3.90. The van der Waals surface area contributed by atoms with Crippen LogP contribution in [0.5, 0.6) is 0 Å². The van der Waals surface area contributed by atoms with E-state index in [1.807, 2.05) is 11.3 Å². The average molecular weight is 255 g/mol. The van der Waals surface area contributed by atoms with Crippen LogP contribution in [0.15, 0.2) is 15.9 Å². The molecule has 62 valence electrons. The molecule has 1 N–H and O–H groups in total. The summed E-state index contributed by atoms with van der Waals surface area (Å²) in [6.07, 6.45) is 1.29. The first-order valence-corrected chi connectivity index (χ1v) is 5.01. The van der Waals surface area contributed by atoms with E-state index in [9.17, 15) is 0 Å². The van der Waals surface area contributed by atoms with Crippen molar-refractivity contribution in [1.29, 1.82) is 0 Å². The minimum Gasteiger partial charge on any atom is -0.309 e. The third kappa shape index (κ3) is 1.78. The zero-order valence-electron chi connectivity index (χ0n) is 5.84. The molecule has 0 bridgehead atoms. The highest BCUT2D eigenvalue weighted by Crippen LogP contribution is 2.33. The molecule has 0 aromatic carbocycles. The van der Waals surface area contributed by atoms with Gasteiger partial charge in [-0.2, -0.15) is 0 Å². The number of hydrogen-bond acceptors (Lipinski definition) is 2. The molecule has 1 aliphatic heterocycles. The van der Waals surface area contributed by atoms with Gasteiger partial charge in [0, 0.05) is 15.4 Å². The van der Waals surface area contributed by atoms with Crippen LogP contribution in [0, 0.1) is 0 Å². The van der Waals surface area contributed by atoms with Crippen LogP contribution in [0.1, 0.15) is 17.3 Å². The highest BCUT2D eigenvalue weighted by atomic mass is 79.9. The number of hydrogen-bond donors (Lipinski definition) is 1. The maximum absolute atomic E-state index is 3.51. The van der Waals surface area contributed by atoms with Crippen molar-refractivity contribution in [1.82, 2.24) is 5.32 Å². The zero-order valence-corrected chi connectivity index (χ0v) is 9.06. The molecule has 0 radical (unpaired) electrons. The van der Waals surface area contributed by atoms with Gasteiger partial charge in [-0.05, 0) is 40.3 Å². The monoisotopic (exact) mass is 253 g/mol. The molecule has 11 heavy (non-hydrogen) atoms. The molecule has 1 nitrogen and oxygen atoms in total. The lowest BCUT2D eigenvalue weighted by molar-refractivity contribution is 0.388. The average Bonchev–Trinajstić information content (AvgIpc) is 2.12. The smallest absolute Gasteiger partial charge is 0.0438 e. The van der Waals surface area contributed by atoms with Gasteiger partial charge in [-0.1, -0.05) is 0 Å². The van der Waals surface area contributed by atoms with Crippen LogP contribution in [-0.2, 0) is 0 Å². The van der Waals surface area contributed by atoms with Crippen LogP contribution >= 0.6 is 39.7 Å². The summed E-state index contributed by atoms with van der Waals surface area (Å²) in [5.74, 6) is 0. The summed E-state index contributed by atoms with van der Waals surface area (Å²) in [6.45, 7) is 1.18. The molecule has 4 heteroatoms. The summed E-state index contributed by atoms with van der Waals surface area (Å²) in [4.78, 5) is 1.45. The van der Waals surface area contributed by atoms with Gasteiger partial charge < -0.3 is 5.32 Å². The van der Waals surface area contributed by atoms with Crippen LogP contribution in [0.25, 0.3) is 0 Å². The van der Waals surface area contributed by atoms with E-state index in [1.54, 1.807) is 0 Å². The summed E-state index contributed by atoms with van der Waals surface area (Å²) in [5, 5.41) is 5.49. The predicted octanol–water partition coefficient (Wildman–Crippen LogP) is 2.97. The molecule has 0 amide bonds. The van der Waals surface area contributed by atoms with Gasteiger partial charge in [0.1, 0.15) is 0 Å². The van der Waals surface area contributed by atoms with Crippen molar-refractivity contribution in [3.8, 4) is 0 Å². The van der Waals surface area contributed by atoms with Crippen molar-refractivity contribution >= 4 is 39.7 Å². The molecule has 2 rings (SSSR count). The third-order valence-corrected chi connectivity index (χ3v) is 3.77. The lowest BCUT2D eigenvalue weighted by atomic mass is 10.1. The topological polar surface area (TPSA) is 12.0 Å². The Kier molecular flexibility index (Phi) is 3.37. The molecule has 1 aliphatic rings. The Morgan fingerprint density at radius 2 is 2.36 bits per heavy atom. The molecule has 1 atom stereocenters.